The molecule has 0 aliphatic heterocycles. The lowest BCUT2D eigenvalue weighted by atomic mass is 9.64. The van der Waals surface area contributed by atoms with E-state index in [0.29, 0.717) is 11.5 Å². The molecule has 0 saturated heterocycles. The molecule has 164 valence electrons. The van der Waals surface area contributed by atoms with Gasteiger partial charge in [-0.1, -0.05) is 43.7 Å². The van der Waals surface area contributed by atoms with E-state index >= 15 is 0 Å². The van der Waals surface area contributed by atoms with Crippen molar-refractivity contribution in [2.24, 2.45) is 0 Å². The van der Waals surface area contributed by atoms with Gasteiger partial charge in [0.15, 0.2) is 0 Å². The average molecular weight is 421 g/mol. The molecule has 1 unspecified atom stereocenters. The second-order valence-corrected chi connectivity index (χ2v) is 8.34. The Labute approximate surface area is 184 Å². The lowest BCUT2D eigenvalue weighted by molar-refractivity contribution is -0.147. The molecule has 6 heteroatoms. The number of nitrogens with zero attached hydrogens (tertiary/aromatic N) is 1. The number of nitrogens with one attached hydrogen (secondary N) is 3. The van der Waals surface area contributed by atoms with E-state index in [2.05, 4.69) is 41.1 Å². The number of hydrogen-bond acceptors (Lipinski definition) is 5. The third kappa shape index (κ3) is 5.00. The summed E-state index contributed by atoms with van der Waals surface area (Å²) in [4.78, 5) is 11.8. The second-order valence-electron chi connectivity index (χ2n) is 8.34. The highest BCUT2D eigenvalue weighted by molar-refractivity contribution is 5.82. The van der Waals surface area contributed by atoms with Gasteiger partial charge in [-0.3, -0.25) is 4.79 Å². The molecule has 1 fully saturated rings. The molecule has 1 saturated carbocycles. The first kappa shape index (κ1) is 22.6. The molecule has 31 heavy (non-hydrogen) atoms. The third-order valence-corrected chi connectivity index (χ3v) is 6.36. The Morgan fingerprint density at radius 1 is 1.23 bits per heavy atom. The first-order chi connectivity index (χ1) is 15.0. The molecular formula is C25H32N4O2. The summed E-state index contributed by atoms with van der Waals surface area (Å²) in [6.45, 7) is 4.70. The average Bonchev–Trinajstić information content (AvgIpc) is 2.74. The Morgan fingerprint density at radius 2 is 2.00 bits per heavy atom. The smallest absolute Gasteiger partial charge is 0.314 e. The van der Waals surface area contributed by atoms with Crippen molar-refractivity contribution in [3.8, 4) is 6.07 Å². The van der Waals surface area contributed by atoms with Crippen molar-refractivity contribution in [3.63, 3.8) is 0 Å². The number of carbonyl (C=O) groups is 1. The normalized spacial score (nSPS) is 15.4. The summed E-state index contributed by atoms with van der Waals surface area (Å²) in [5.74, 6) is -0.391. The number of carboxylic acids is 1. The summed E-state index contributed by atoms with van der Waals surface area (Å²) in [5.41, 5.74) is 3.85. The Hall–Kier alpha value is -3.04. The van der Waals surface area contributed by atoms with E-state index in [-0.39, 0.29) is 0 Å². The summed E-state index contributed by atoms with van der Waals surface area (Å²) in [5, 5.41) is 28.9. The highest BCUT2D eigenvalue weighted by atomic mass is 16.4. The summed E-state index contributed by atoms with van der Waals surface area (Å²) in [6.07, 6.45) is 3.41. The molecule has 4 N–H and O–H groups in total. The molecule has 2 aromatic rings. The number of rotatable bonds is 11. The zero-order valence-electron chi connectivity index (χ0n) is 18.4. The summed E-state index contributed by atoms with van der Waals surface area (Å²) < 4.78 is 0. The van der Waals surface area contributed by atoms with Gasteiger partial charge in [-0.2, -0.15) is 5.26 Å². The topological polar surface area (TPSA) is 97.2 Å². The van der Waals surface area contributed by atoms with Crippen molar-refractivity contribution >= 4 is 17.3 Å². The summed E-state index contributed by atoms with van der Waals surface area (Å²) >= 11 is 0. The molecular weight excluding hydrogens is 388 g/mol. The van der Waals surface area contributed by atoms with Gasteiger partial charge in [0.05, 0.1) is 22.4 Å². The molecule has 2 aromatic carbocycles. The Balaban J connectivity index is 1.45. The zero-order valence-corrected chi connectivity index (χ0v) is 18.4. The first-order valence-corrected chi connectivity index (χ1v) is 11.0. The maximum absolute atomic E-state index is 11.8. The minimum Gasteiger partial charge on any atom is -0.481 e. The first-order valence-electron chi connectivity index (χ1n) is 11.0. The van der Waals surface area contributed by atoms with Crippen LogP contribution in [0.1, 0.15) is 55.2 Å². The summed E-state index contributed by atoms with van der Waals surface area (Å²) in [6, 6.07) is 16.0. The van der Waals surface area contributed by atoms with Crippen molar-refractivity contribution < 1.29 is 9.90 Å². The van der Waals surface area contributed by atoms with E-state index < -0.39 is 11.4 Å². The van der Waals surface area contributed by atoms with E-state index in [9.17, 15) is 15.2 Å². The van der Waals surface area contributed by atoms with Crippen LogP contribution in [0.2, 0.25) is 0 Å². The standard InChI is InChI=1S/C25H32N4O2/c1-18(19-7-3-9-21(15-19)25(24(30)31)11-5-12-25)17-28-13-6-14-29-22-10-4-8-20(16-26)23(22)27-2/h3-4,7-10,15,18,27-29H,5-6,11-14,17H2,1-2H3,(H,30,31). The molecule has 6 nitrogen and oxygen atoms in total. The van der Waals surface area contributed by atoms with Gasteiger partial charge in [0, 0.05) is 20.1 Å². The zero-order chi connectivity index (χ0) is 22.3. The van der Waals surface area contributed by atoms with Gasteiger partial charge in [0.1, 0.15) is 6.07 Å². The van der Waals surface area contributed by atoms with Crippen LogP contribution in [0.5, 0.6) is 0 Å². The number of carboxylic acid groups (broad SMARTS) is 1. The molecule has 0 heterocycles. The van der Waals surface area contributed by atoms with Crippen molar-refractivity contribution in [1.82, 2.24) is 5.32 Å². The minimum atomic E-state index is -0.698. The van der Waals surface area contributed by atoms with Crippen molar-refractivity contribution in [3.05, 3.63) is 59.2 Å². The fraction of sp³-hybridized carbons (Fsp3) is 0.440. The fourth-order valence-electron chi connectivity index (χ4n) is 4.23. The molecule has 3 rings (SSSR count). The van der Waals surface area contributed by atoms with Gasteiger partial charge in [-0.25, -0.2) is 0 Å². The Bertz CT molecular complexity index is 947. The van der Waals surface area contributed by atoms with E-state index in [0.717, 1.165) is 62.3 Å². The van der Waals surface area contributed by atoms with Crippen LogP contribution in [-0.2, 0) is 10.2 Å². The monoisotopic (exact) mass is 420 g/mol. The molecule has 0 bridgehead atoms. The quantitative estimate of drug-likeness (QED) is 0.405. The van der Waals surface area contributed by atoms with E-state index in [1.807, 2.05) is 31.3 Å². The minimum absolute atomic E-state index is 0.307. The lowest BCUT2D eigenvalue weighted by Gasteiger charge is -2.38. The van der Waals surface area contributed by atoms with Crippen LogP contribution in [0.4, 0.5) is 11.4 Å². The Morgan fingerprint density at radius 3 is 2.65 bits per heavy atom. The van der Waals surface area contributed by atoms with Crippen LogP contribution in [0.3, 0.4) is 0 Å². The second kappa shape index (κ2) is 10.3. The molecule has 1 atom stereocenters. The number of para-hydroxylation sites is 1. The molecule has 0 aromatic heterocycles. The van der Waals surface area contributed by atoms with Gasteiger partial charge >= 0.3 is 5.97 Å². The molecule has 1 aliphatic carbocycles. The number of benzene rings is 2. The van der Waals surface area contributed by atoms with Gasteiger partial charge in [0.25, 0.3) is 0 Å². The summed E-state index contributed by atoms with van der Waals surface area (Å²) in [7, 11) is 1.82. The largest absolute Gasteiger partial charge is 0.481 e. The van der Waals surface area contributed by atoms with Crippen LogP contribution in [0.15, 0.2) is 42.5 Å². The van der Waals surface area contributed by atoms with Gasteiger partial charge in [0.2, 0.25) is 0 Å². The predicted octanol–water partition coefficient (Wildman–Crippen LogP) is 4.30. The number of anilines is 2. The van der Waals surface area contributed by atoms with E-state index in [1.54, 1.807) is 6.07 Å². The predicted molar refractivity (Wildman–Crippen MR) is 125 cm³/mol. The molecule has 0 spiro atoms. The molecule has 1 aliphatic rings. The highest BCUT2D eigenvalue weighted by Gasteiger charge is 2.45. The number of nitriles is 1. The third-order valence-electron chi connectivity index (χ3n) is 6.36. The van der Waals surface area contributed by atoms with Crippen LogP contribution < -0.4 is 16.0 Å². The van der Waals surface area contributed by atoms with Crippen LogP contribution >= 0.6 is 0 Å². The lowest BCUT2D eigenvalue weighted by Crippen LogP contribution is -2.42. The van der Waals surface area contributed by atoms with E-state index in [1.165, 1.54) is 5.56 Å². The molecule has 0 radical (unpaired) electrons. The van der Waals surface area contributed by atoms with Crippen molar-refractivity contribution in [2.45, 2.75) is 43.9 Å². The number of aliphatic carboxylic acids is 1. The van der Waals surface area contributed by atoms with E-state index in [4.69, 9.17) is 0 Å². The maximum Gasteiger partial charge on any atom is 0.314 e. The SMILES string of the molecule is CNc1c(C#N)cccc1NCCCNCC(C)c1cccc(C2(C(=O)O)CCC2)c1. The van der Waals surface area contributed by atoms with Gasteiger partial charge < -0.3 is 21.1 Å². The number of hydrogen-bond donors (Lipinski definition) is 4. The van der Waals surface area contributed by atoms with Gasteiger partial charge in [-0.15, -0.1) is 0 Å². The van der Waals surface area contributed by atoms with Crippen LogP contribution in [0.25, 0.3) is 0 Å². The Kier molecular flexibility index (Phi) is 7.54. The fourth-order valence-corrected chi connectivity index (χ4v) is 4.23. The van der Waals surface area contributed by atoms with Crippen molar-refractivity contribution in [2.75, 3.05) is 37.3 Å². The maximum atomic E-state index is 11.8. The van der Waals surface area contributed by atoms with Crippen LogP contribution in [-0.4, -0.2) is 37.8 Å². The van der Waals surface area contributed by atoms with Gasteiger partial charge in [-0.05, 0) is 55.0 Å². The molecule has 0 amide bonds. The highest BCUT2D eigenvalue weighted by Crippen LogP contribution is 2.44. The van der Waals surface area contributed by atoms with Crippen LogP contribution in [0, 0.1) is 11.3 Å². The van der Waals surface area contributed by atoms with Crippen molar-refractivity contribution in [1.29, 1.82) is 5.26 Å².